The summed E-state index contributed by atoms with van der Waals surface area (Å²) < 4.78 is 12.1. The van der Waals surface area contributed by atoms with Gasteiger partial charge in [-0.05, 0) is 59.1 Å². The lowest BCUT2D eigenvalue weighted by molar-refractivity contribution is 0.00578. The summed E-state index contributed by atoms with van der Waals surface area (Å²) in [6.07, 6.45) is 0. The fourth-order valence-electron chi connectivity index (χ4n) is 3.23. The van der Waals surface area contributed by atoms with Gasteiger partial charge in [-0.25, -0.2) is 4.79 Å². The number of carbonyl (C=O) groups is 1. The van der Waals surface area contributed by atoms with E-state index < -0.39 is 12.7 Å². The van der Waals surface area contributed by atoms with Crippen molar-refractivity contribution in [1.82, 2.24) is 4.90 Å². The van der Waals surface area contributed by atoms with Crippen molar-refractivity contribution in [2.75, 3.05) is 24.5 Å². The van der Waals surface area contributed by atoms with Crippen molar-refractivity contribution >= 4 is 24.3 Å². The molecule has 2 fully saturated rings. The molecule has 1 N–H and O–H groups in total. The summed E-state index contributed by atoms with van der Waals surface area (Å²) in [7, 11) is -0.407. The second kappa shape index (κ2) is 6.25. The monoisotopic (exact) mass is 360 g/mol. The number of hydrogen-bond acceptors (Lipinski definition) is 4. The van der Waals surface area contributed by atoms with Crippen molar-refractivity contribution in [3.63, 3.8) is 0 Å². The van der Waals surface area contributed by atoms with Crippen LogP contribution in [0.4, 0.5) is 10.5 Å². The lowest BCUT2D eigenvalue weighted by Gasteiger charge is -2.32. The van der Waals surface area contributed by atoms with Crippen LogP contribution in [0.25, 0.3) is 0 Å². The van der Waals surface area contributed by atoms with Gasteiger partial charge in [0.15, 0.2) is 0 Å². The molecule has 7 heteroatoms. The van der Waals surface area contributed by atoms with Crippen molar-refractivity contribution in [2.45, 2.75) is 58.3 Å². The van der Waals surface area contributed by atoms with E-state index in [9.17, 15) is 9.90 Å². The number of β-amino-alcohol motifs (C(OH)–C–C–N with tert-alkyl or cyclic N) is 1. The van der Waals surface area contributed by atoms with Gasteiger partial charge in [-0.3, -0.25) is 4.90 Å². The van der Waals surface area contributed by atoms with Gasteiger partial charge in [0.25, 0.3) is 0 Å². The van der Waals surface area contributed by atoms with Gasteiger partial charge < -0.3 is 19.3 Å². The number of anilines is 1. The largest absolute Gasteiger partial charge is 0.494 e. The minimum absolute atomic E-state index is 0.0736. The second-order valence-electron chi connectivity index (χ2n) is 8.85. The highest BCUT2D eigenvalue weighted by atomic mass is 16.7. The quantitative estimate of drug-likeness (QED) is 0.835. The lowest BCUT2D eigenvalue weighted by Crippen LogP contribution is -2.41. The van der Waals surface area contributed by atoms with Gasteiger partial charge in [-0.2, -0.15) is 0 Å². The number of nitrogens with zero attached hydrogens (tertiary/aromatic N) is 2. The van der Waals surface area contributed by atoms with E-state index in [0.29, 0.717) is 19.6 Å². The first kappa shape index (κ1) is 19.2. The highest BCUT2D eigenvalue weighted by molar-refractivity contribution is 6.62. The molecule has 2 heterocycles. The molecule has 0 radical (unpaired) electrons. The van der Waals surface area contributed by atoms with Crippen molar-refractivity contribution in [3.05, 3.63) is 24.3 Å². The maximum absolute atomic E-state index is 12.6. The zero-order chi connectivity index (χ0) is 19.3. The van der Waals surface area contributed by atoms with E-state index in [2.05, 4.69) is 0 Å². The summed E-state index contributed by atoms with van der Waals surface area (Å²) in [4.78, 5) is 16.0. The van der Waals surface area contributed by atoms with Crippen LogP contribution in [0.3, 0.4) is 0 Å². The molecular weight excluding hydrogens is 331 g/mol. The first-order valence-electron chi connectivity index (χ1n) is 9.14. The van der Waals surface area contributed by atoms with Crippen LogP contribution < -0.4 is 10.4 Å². The van der Waals surface area contributed by atoms with Crippen LogP contribution >= 0.6 is 0 Å². The van der Waals surface area contributed by atoms with Crippen LogP contribution in [-0.4, -0.2) is 59.6 Å². The van der Waals surface area contributed by atoms with Crippen LogP contribution in [0.5, 0.6) is 0 Å². The number of carbonyl (C=O) groups excluding carboxylic acids is 1. The van der Waals surface area contributed by atoms with Gasteiger partial charge >= 0.3 is 13.1 Å². The molecule has 142 valence electrons. The molecule has 2 amide bonds. The molecule has 0 spiro atoms. The Morgan fingerprint density at radius 3 is 2.12 bits per heavy atom. The Morgan fingerprint density at radius 2 is 1.62 bits per heavy atom. The summed E-state index contributed by atoms with van der Waals surface area (Å²) in [5.41, 5.74) is 0.130. The number of rotatable bonds is 4. The van der Waals surface area contributed by atoms with Gasteiger partial charge in [0, 0.05) is 18.8 Å². The fourth-order valence-corrected chi connectivity index (χ4v) is 3.23. The minimum Gasteiger partial charge on any atom is -0.399 e. The average Bonchev–Trinajstić information content (AvgIpc) is 2.95. The summed E-state index contributed by atoms with van der Waals surface area (Å²) in [5.74, 6) is 0. The molecule has 1 aromatic rings. The van der Waals surface area contributed by atoms with Crippen LogP contribution in [-0.2, 0) is 9.31 Å². The first-order chi connectivity index (χ1) is 11.9. The Balaban J connectivity index is 1.70. The Labute approximate surface area is 156 Å². The SMILES string of the molecule is CC(C)(O)CN1CCN(c2ccc(B3OC(C)(C)C(C)(C)O3)cc2)C1=O. The van der Waals surface area contributed by atoms with Gasteiger partial charge in [-0.15, -0.1) is 0 Å². The van der Waals surface area contributed by atoms with E-state index in [4.69, 9.17) is 9.31 Å². The predicted molar refractivity (Wildman–Crippen MR) is 103 cm³/mol. The first-order valence-corrected chi connectivity index (χ1v) is 9.14. The zero-order valence-corrected chi connectivity index (χ0v) is 16.6. The van der Waals surface area contributed by atoms with Gasteiger partial charge in [0.2, 0.25) is 0 Å². The normalized spacial score (nSPS) is 22.4. The number of hydrogen-bond donors (Lipinski definition) is 1. The summed E-state index contributed by atoms with van der Waals surface area (Å²) in [5, 5.41) is 9.95. The van der Waals surface area contributed by atoms with Crippen LogP contribution in [0.1, 0.15) is 41.5 Å². The Kier molecular flexibility index (Phi) is 4.62. The van der Waals surface area contributed by atoms with Crippen molar-refractivity contribution in [2.24, 2.45) is 0 Å². The minimum atomic E-state index is -0.897. The molecule has 1 aromatic carbocycles. The zero-order valence-electron chi connectivity index (χ0n) is 16.6. The third-order valence-corrected chi connectivity index (χ3v) is 5.40. The molecule has 0 unspecified atom stereocenters. The summed E-state index contributed by atoms with van der Waals surface area (Å²) in [6.45, 7) is 13.1. The van der Waals surface area contributed by atoms with E-state index >= 15 is 0 Å². The van der Waals surface area contributed by atoms with Crippen molar-refractivity contribution < 1.29 is 19.2 Å². The molecule has 0 aliphatic carbocycles. The molecule has 0 aromatic heterocycles. The van der Waals surface area contributed by atoms with Crippen LogP contribution in [0.2, 0.25) is 0 Å². The number of aliphatic hydroxyl groups is 1. The topological polar surface area (TPSA) is 62.2 Å². The molecular formula is C19H29BN2O4. The Morgan fingerprint density at radius 1 is 1.08 bits per heavy atom. The highest BCUT2D eigenvalue weighted by Gasteiger charge is 2.51. The fraction of sp³-hybridized carbons (Fsp3) is 0.632. The standard InChI is InChI=1S/C19H29BN2O4/c1-17(2,24)13-21-11-12-22(16(21)23)15-9-7-14(8-10-15)20-25-18(3,4)19(5,6)26-20/h7-10,24H,11-13H2,1-6H3. The average molecular weight is 360 g/mol. The number of amides is 2. The number of urea groups is 1. The molecule has 0 bridgehead atoms. The third-order valence-electron chi connectivity index (χ3n) is 5.40. The number of benzene rings is 1. The van der Waals surface area contributed by atoms with E-state index in [-0.39, 0.29) is 17.2 Å². The van der Waals surface area contributed by atoms with Gasteiger partial charge in [0.1, 0.15) is 0 Å². The highest BCUT2D eigenvalue weighted by Crippen LogP contribution is 2.36. The van der Waals surface area contributed by atoms with Crippen molar-refractivity contribution in [1.29, 1.82) is 0 Å². The summed E-state index contributed by atoms with van der Waals surface area (Å²) in [6, 6.07) is 7.67. The maximum atomic E-state index is 12.6. The molecule has 2 aliphatic rings. The summed E-state index contributed by atoms with van der Waals surface area (Å²) >= 11 is 0. The molecule has 0 saturated carbocycles. The molecule has 2 saturated heterocycles. The second-order valence-corrected chi connectivity index (χ2v) is 8.85. The molecule has 3 rings (SSSR count). The van der Waals surface area contributed by atoms with Gasteiger partial charge in [0.05, 0.1) is 23.3 Å². The van der Waals surface area contributed by atoms with Crippen molar-refractivity contribution in [3.8, 4) is 0 Å². The van der Waals surface area contributed by atoms with E-state index in [1.54, 1.807) is 23.6 Å². The molecule has 26 heavy (non-hydrogen) atoms. The van der Waals surface area contributed by atoms with E-state index in [0.717, 1.165) is 11.2 Å². The molecule has 6 nitrogen and oxygen atoms in total. The van der Waals surface area contributed by atoms with E-state index in [1.165, 1.54) is 0 Å². The Bertz CT molecular complexity index is 666. The molecule has 2 aliphatic heterocycles. The van der Waals surface area contributed by atoms with E-state index in [1.807, 2.05) is 52.0 Å². The molecule has 0 atom stereocenters. The Hall–Kier alpha value is -1.57. The third kappa shape index (κ3) is 3.61. The van der Waals surface area contributed by atoms with Crippen LogP contribution in [0, 0.1) is 0 Å². The maximum Gasteiger partial charge on any atom is 0.494 e. The smallest absolute Gasteiger partial charge is 0.399 e. The lowest BCUT2D eigenvalue weighted by atomic mass is 9.79. The van der Waals surface area contributed by atoms with Gasteiger partial charge in [-0.1, -0.05) is 12.1 Å². The predicted octanol–water partition coefficient (Wildman–Crippen LogP) is 2.00. The van der Waals surface area contributed by atoms with Crippen LogP contribution in [0.15, 0.2) is 24.3 Å².